The van der Waals surface area contributed by atoms with Crippen molar-refractivity contribution in [2.75, 3.05) is 11.1 Å². The van der Waals surface area contributed by atoms with Gasteiger partial charge in [-0.15, -0.1) is 0 Å². The molecule has 4 N–H and O–H groups in total. The summed E-state index contributed by atoms with van der Waals surface area (Å²) in [5.74, 6) is 1.22. The van der Waals surface area contributed by atoms with E-state index >= 15 is 0 Å². The lowest BCUT2D eigenvalue weighted by atomic mass is 10.0. The smallest absolute Gasteiger partial charge is 0.172 e. The van der Waals surface area contributed by atoms with Gasteiger partial charge in [-0.1, -0.05) is 26.0 Å². The van der Waals surface area contributed by atoms with Gasteiger partial charge in [0.05, 0.1) is 0 Å². The lowest BCUT2D eigenvalue weighted by Crippen LogP contribution is -1.94. The van der Waals surface area contributed by atoms with Gasteiger partial charge in [-0.2, -0.15) is 10.4 Å². The average Bonchev–Trinajstić information content (AvgIpc) is 2.70. The van der Waals surface area contributed by atoms with E-state index in [0.29, 0.717) is 17.3 Å². The van der Waals surface area contributed by atoms with Crippen LogP contribution in [-0.2, 0) is 0 Å². The van der Waals surface area contributed by atoms with Gasteiger partial charge in [-0.3, -0.25) is 5.10 Å². The molecule has 5 nitrogen and oxygen atoms in total. The van der Waals surface area contributed by atoms with E-state index in [1.54, 1.807) is 0 Å². The first-order valence-corrected chi connectivity index (χ1v) is 5.72. The quantitative estimate of drug-likeness (QED) is 0.770. The number of aromatic amines is 1. The van der Waals surface area contributed by atoms with Crippen LogP contribution in [-0.4, -0.2) is 10.2 Å². The van der Waals surface area contributed by atoms with Gasteiger partial charge in [-0.05, 0) is 23.6 Å². The molecule has 2 aromatic rings. The zero-order chi connectivity index (χ0) is 13.1. The summed E-state index contributed by atoms with van der Waals surface area (Å²) in [6.07, 6.45) is 0. The number of H-pyrrole nitrogens is 1. The molecule has 0 radical (unpaired) electrons. The number of nitrogens with one attached hydrogen (secondary N) is 2. The number of nitrogens with two attached hydrogens (primary N) is 1. The molecule has 0 spiro atoms. The molecule has 2 rings (SSSR count). The van der Waals surface area contributed by atoms with Crippen molar-refractivity contribution in [2.24, 2.45) is 0 Å². The SMILES string of the molecule is CC(C)c1ccc(Nc2n[nH]c(N)c2C#N)cc1. The number of anilines is 3. The Balaban J connectivity index is 2.21. The average molecular weight is 241 g/mol. The molecule has 1 heterocycles. The van der Waals surface area contributed by atoms with Crippen LogP contribution in [0, 0.1) is 11.3 Å². The fourth-order valence-electron chi connectivity index (χ4n) is 1.65. The van der Waals surface area contributed by atoms with Crippen LogP contribution in [0.15, 0.2) is 24.3 Å². The van der Waals surface area contributed by atoms with E-state index in [0.717, 1.165) is 5.69 Å². The standard InChI is InChI=1S/C13H15N5/c1-8(2)9-3-5-10(6-4-9)16-13-11(7-14)12(15)17-18-13/h3-6,8H,1-2H3,(H4,15,16,17,18). The molecular weight excluding hydrogens is 226 g/mol. The third-order valence-corrected chi connectivity index (χ3v) is 2.75. The lowest BCUT2D eigenvalue weighted by molar-refractivity contribution is 0.867. The Morgan fingerprint density at radius 2 is 2.00 bits per heavy atom. The van der Waals surface area contributed by atoms with Crippen LogP contribution < -0.4 is 11.1 Å². The number of benzene rings is 1. The summed E-state index contributed by atoms with van der Waals surface area (Å²) in [5.41, 5.74) is 8.07. The van der Waals surface area contributed by atoms with E-state index in [1.807, 2.05) is 18.2 Å². The highest BCUT2D eigenvalue weighted by Crippen LogP contribution is 2.23. The summed E-state index contributed by atoms with van der Waals surface area (Å²) >= 11 is 0. The molecule has 0 saturated heterocycles. The number of hydrogen-bond donors (Lipinski definition) is 3. The molecule has 0 atom stereocenters. The maximum atomic E-state index is 8.95. The molecule has 18 heavy (non-hydrogen) atoms. The Kier molecular flexibility index (Phi) is 3.20. The number of nitriles is 1. The first kappa shape index (κ1) is 12.0. The number of nitrogens with zero attached hydrogens (tertiary/aromatic N) is 2. The van der Waals surface area contributed by atoms with E-state index < -0.39 is 0 Å². The zero-order valence-corrected chi connectivity index (χ0v) is 10.4. The molecule has 0 aliphatic carbocycles. The van der Waals surface area contributed by atoms with Gasteiger partial charge in [0.25, 0.3) is 0 Å². The van der Waals surface area contributed by atoms with Crippen LogP contribution in [0.4, 0.5) is 17.3 Å². The Hall–Kier alpha value is -2.48. The van der Waals surface area contributed by atoms with Crippen molar-refractivity contribution in [2.45, 2.75) is 19.8 Å². The molecule has 0 amide bonds. The highest BCUT2D eigenvalue weighted by molar-refractivity contribution is 5.68. The summed E-state index contributed by atoms with van der Waals surface area (Å²) in [7, 11) is 0. The monoisotopic (exact) mass is 241 g/mol. The van der Waals surface area contributed by atoms with Crippen LogP contribution in [0.1, 0.15) is 30.9 Å². The third kappa shape index (κ3) is 2.28. The fourth-order valence-corrected chi connectivity index (χ4v) is 1.65. The minimum atomic E-state index is 0.277. The molecule has 1 aromatic carbocycles. The van der Waals surface area contributed by atoms with Crippen LogP contribution in [0.25, 0.3) is 0 Å². The van der Waals surface area contributed by atoms with Crippen LogP contribution in [0.2, 0.25) is 0 Å². The van der Waals surface area contributed by atoms with Gasteiger partial charge >= 0.3 is 0 Å². The first-order chi connectivity index (χ1) is 8.61. The van der Waals surface area contributed by atoms with E-state index in [-0.39, 0.29) is 5.82 Å². The molecule has 92 valence electrons. The van der Waals surface area contributed by atoms with Gasteiger partial charge in [0.1, 0.15) is 17.5 Å². The minimum Gasteiger partial charge on any atom is -0.383 e. The second-order valence-electron chi connectivity index (χ2n) is 4.37. The Morgan fingerprint density at radius 1 is 1.33 bits per heavy atom. The molecule has 0 bridgehead atoms. The maximum Gasteiger partial charge on any atom is 0.172 e. The maximum absolute atomic E-state index is 8.95. The van der Waals surface area contributed by atoms with Gasteiger partial charge < -0.3 is 11.1 Å². The second kappa shape index (κ2) is 4.80. The van der Waals surface area contributed by atoms with Crippen molar-refractivity contribution < 1.29 is 0 Å². The molecule has 0 aliphatic rings. The van der Waals surface area contributed by atoms with Gasteiger partial charge in [0.15, 0.2) is 5.82 Å². The van der Waals surface area contributed by atoms with Crippen molar-refractivity contribution in [3.63, 3.8) is 0 Å². The number of hydrogen-bond acceptors (Lipinski definition) is 4. The molecule has 0 aliphatic heterocycles. The lowest BCUT2D eigenvalue weighted by Gasteiger charge is -2.07. The van der Waals surface area contributed by atoms with Crippen molar-refractivity contribution in [3.05, 3.63) is 35.4 Å². The first-order valence-electron chi connectivity index (χ1n) is 5.72. The highest BCUT2D eigenvalue weighted by Gasteiger charge is 2.10. The van der Waals surface area contributed by atoms with E-state index in [4.69, 9.17) is 11.0 Å². The molecule has 0 saturated carbocycles. The van der Waals surface area contributed by atoms with Crippen LogP contribution >= 0.6 is 0 Å². The summed E-state index contributed by atoms with van der Waals surface area (Å²) in [4.78, 5) is 0. The molecule has 0 unspecified atom stereocenters. The molecule has 1 aromatic heterocycles. The van der Waals surface area contributed by atoms with Crippen LogP contribution in [0.5, 0.6) is 0 Å². The summed E-state index contributed by atoms with van der Waals surface area (Å²) in [6.45, 7) is 4.29. The van der Waals surface area contributed by atoms with Crippen molar-refractivity contribution in [1.82, 2.24) is 10.2 Å². The second-order valence-corrected chi connectivity index (χ2v) is 4.37. The zero-order valence-electron chi connectivity index (χ0n) is 10.4. The van der Waals surface area contributed by atoms with E-state index in [2.05, 4.69) is 41.5 Å². The van der Waals surface area contributed by atoms with E-state index in [9.17, 15) is 0 Å². The summed E-state index contributed by atoms with van der Waals surface area (Å²) in [5, 5.41) is 18.6. The molecular formula is C13H15N5. The highest BCUT2D eigenvalue weighted by atomic mass is 15.2. The van der Waals surface area contributed by atoms with Crippen molar-refractivity contribution in [1.29, 1.82) is 5.26 Å². The number of aromatic nitrogens is 2. The molecule has 5 heteroatoms. The minimum absolute atomic E-state index is 0.277. The molecule has 0 fully saturated rings. The largest absolute Gasteiger partial charge is 0.383 e. The topological polar surface area (TPSA) is 90.5 Å². The summed E-state index contributed by atoms with van der Waals surface area (Å²) in [6, 6.07) is 10.0. The van der Waals surface area contributed by atoms with Crippen LogP contribution in [0.3, 0.4) is 0 Å². The predicted molar refractivity (Wildman–Crippen MR) is 71.5 cm³/mol. The van der Waals surface area contributed by atoms with Crippen molar-refractivity contribution >= 4 is 17.3 Å². The Bertz CT molecular complexity index is 574. The predicted octanol–water partition coefficient (Wildman–Crippen LogP) is 2.73. The number of nitrogen functional groups attached to an aromatic ring is 1. The Morgan fingerprint density at radius 3 is 2.56 bits per heavy atom. The normalized spacial score (nSPS) is 10.3. The van der Waals surface area contributed by atoms with E-state index in [1.165, 1.54) is 5.56 Å². The third-order valence-electron chi connectivity index (χ3n) is 2.75. The fraction of sp³-hybridized carbons (Fsp3) is 0.231. The number of rotatable bonds is 3. The van der Waals surface area contributed by atoms with Crippen molar-refractivity contribution in [3.8, 4) is 6.07 Å². The Labute approximate surface area is 106 Å². The van der Waals surface area contributed by atoms with Gasteiger partial charge in [0, 0.05) is 5.69 Å². The van der Waals surface area contributed by atoms with Gasteiger partial charge in [-0.25, -0.2) is 0 Å². The van der Waals surface area contributed by atoms with Gasteiger partial charge in [0.2, 0.25) is 0 Å². The summed E-state index contributed by atoms with van der Waals surface area (Å²) < 4.78 is 0.